The Morgan fingerprint density at radius 1 is 1.06 bits per heavy atom. The minimum atomic E-state index is -2.81. The van der Waals surface area contributed by atoms with Gasteiger partial charge in [-0.15, -0.1) is 6.42 Å². The van der Waals surface area contributed by atoms with Gasteiger partial charge in [0.1, 0.15) is 0 Å². The van der Waals surface area contributed by atoms with E-state index in [-0.39, 0.29) is 0 Å². The molecule has 1 rings (SSSR count). The molecule has 0 saturated carbocycles. The van der Waals surface area contributed by atoms with Crippen molar-refractivity contribution in [2.75, 3.05) is 19.8 Å². The maximum Gasteiger partial charge on any atom is 0.537 e. The minimum absolute atomic E-state index is 0.548. The van der Waals surface area contributed by atoms with E-state index in [9.17, 15) is 0 Å². The lowest BCUT2D eigenvalue weighted by atomic mass is 10.2. The Morgan fingerprint density at radius 2 is 1.61 bits per heavy atom. The number of hydrogen-bond donors (Lipinski definition) is 0. The third-order valence-corrected chi connectivity index (χ3v) is 5.41. The van der Waals surface area contributed by atoms with E-state index in [1.165, 1.54) is 0 Å². The van der Waals surface area contributed by atoms with Crippen molar-refractivity contribution in [2.24, 2.45) is 0 Å². The Balaban J connectivity index is 3.17. The van der Waals surface area contributed by atoms with Gasteiger partial charge in [0.25, 0.3) is 0 Å². The molecule has 0 atom stereocenters. The monoisotopic (exact) mass is 264 g/mol. The Hall–Kier alpha value is -1.12. The lowest BCUT2D eigenvalue weighted by molar-refractivity contribution is 0.0859. The van der Waals surface area contributed by atoms with Crippen molar-refractivity contribution in [3.05, 3.63) is 29.8 Å². The van der Waals surface area contributed by atoms with Crippen molar-refractivity contribution in [1.82, 2.24) is 0 Å². The van der Waals surface area contributed by atoms with Gasteiger partial charge in [-0.1, -0.05) is 18.1 Å². The minimum Gasteiger partial charge on any atom is -0.370 e. The fourth-order valence-electron chi connectivity index (χ4n) is 1.74. The van der Waals surface area contributed by atoms with E-state index in [0.717, 1.165) is 10.8 Å². The molecule has 4 heteroatoms. The molecule has 1 aromatic carbocycles. The molecule has 0 radical (unpaired) electrons. The molecule has 1 aromatic rings. The molecule has 18 heavy (non-hydrogen) atoms. The molecule has 0 aromatic heterocycles. The van der Waals surface area contributed by atoms with Gasteiger partial charge in [-0.05, 0) is 32.9 Å². The standard InChI is InChI=1S/C14H20O3Si/c1-5-13-10-9-11-14(12-13)18(15-6-2,16-7-3)17-8-4/h1,9-12H,6-8H2,2-4H3. The summed E-state index contributed by atoms with van der Waals surface area (Å²) in [4.78, 5) is 0. The third kappa shape index (κ3) is 3.44. The number of benzene rings is 1. The summed E-state index contributed by atoms with van der Waals surface area (Å²) in [5.74, 6) is 2.62. The van der Waals surface area contributed by atoms with E-state index < -0.39 is 8.80 Å². The highest BCUT2D eigenvalue weighted by molar-refractivity contribution is 6.75. The smallest absolute Gasteiger partial charge is 0.370 e. The summed E-state index contributed by atoms with van der Waals surface area (Å²) < 4.78 is 17.5. The van der Waals surface area contributed by atoms with Crippen LogP contribution in [0.3, 0.4) is 0 Å². The van der Waals surface area contributed by atoms with Gasteiger partial charge >= 0.3 is 8.80 Å². The van der Waals surface area contributed by atoms with E-state index in [2.05, 4.69) is 5.92 Å². The average molecular weight is 264 g/mol. The summed E-state index contributed by atoms with van der Waals surface area (Å²) in [6.07, 6.45) is 5.43. The van der Waals surface area contributed by atoms with Gasteiger partial charge in [0.05, 0.1) is 0 Å². The number of rotatable bonds is 7. The lowest BCUT2D eigenvalue weighted by Crippen LogP contribution is -2.56. The van der Waals surface area contributed by atoms with E-state index in [1.54, 1.807) is 0 Å². The van der Waals surface area contributed by atoms with Crippen LogP contribution in [0.1, 0.15) is 26.3 Å². The first-order valence-corrected chi connectivity index (χ1v) is 7.93. The van der Waals surface area contributed by atoms with Crippen molar-refractivity contribution < 1.29 is 13.3 Å². The number of terminal acetylenes is 1. The molecule has 0 heterocycles. The molecule has 0 spiro atoms. The van der Waals surface area contributed by atoms with Crippen molar-refractivity contribution in [3.63, 3.8) is 0 Å². The van der Waals surface area contributed by atoms with Crippen LogP contribution in [0.2, 0.25) is 0 Å². The van der Waals surface area contributed by atoms with Gasteiger partial charge in [-0.2, -0.15) is 0 Å². The van der Waals surface area contributed by atoms with Crippen molar-refractivity contribution in [3.8, 4) is 12.3 Å². The molecule has 0 N–H and O–H groups in total. The molecular formula is C14H20O3Si. The van der Waals surface area contributed by atoms with Crippen LogP contribution >= 0.6 is 0 Å². The second-order valence-electron chi connectivity index (χ2n) is 3.58. The molecular weight excluding hydrogens is 244 g/mol. The first kappa shape index (κ1) is 14.9. The maximum atomic E-state index is 5.82. The van der Waals surface area contributed by atoms with Gasteiger partial charge in [0.2, 0.25) is 0 Å². The second-order valence-corrected chi connectivity index (χ2v) is 6.14. The van der Waals surface area contributed by atoms with E-state index in [4.69, 9.17) is 19.7 Å². The van der Waals surface area contributed by atoms with Crippen LogP contribution < -0.4 is 5.19 Å². The van der Waals surface area contributed by atoms with Crippen LogP contribution in [0, 0.1) is 12.3 Å². The SMILES string of the molecule is C#Cc1cccc([Si](OCC)(OCC)OCC)c1. The Bertz CT molecular complexity index is 395. The molecule has 0 aliphatic carbocycles. The molecule has 0 saturated heterocycles. The summed E-state index contributed by atoms with van der Waals surface area (Å²) in [6, 6.07) is 7.65. The molecule has 3 nitrogen and oxygen atoms in total. The van der Waals surface area contributed by atoms with E-state index in [1.807, 2.05) is 45.0 Å². The predicted molar refractivity (Wildman–Crippen MR) is 74.6 cm³/mol. The van der Waals surface area contributed by atoms with Gasteiger partial charge in [-0.3, -0.25) is 0 Å². The zero-order valence-corrected chi connectivity index (χ0v) is 12.2. The fraction of sp³-hybridized carbons (Fsp3) is 0.429. The summed E-state index contributed by atoms with van der Waals surface area (Å²) in [6.45, 7) is 7.45. The molecule has 98 valence electrons. The maximum absolute atomic E-state index is 5.82. The topological polar surface area (TPSA) is 27.7 Å². The van der Waals surface area contributed by atoms with Gasteiger partial charge in [-0.25, -0.2) is 0 Å². The van der Waals surface area contributed by atoms with Crippen LogP contribution in [0.5, 0.6) is 0 Å². The average Bonchev–Trinajstić information content (AvgIpc) is 2.39. The fourth-order valence-corrected chi connectivity index (χ4v) is 4.27. The normalized spacial score (nSPS) is 11.2. The summed E-state index contributed by atoms with van der Waals surface area (Å²) >= 11 is 0. The first-order valence-electron chi connectivity index (χ1n) is 6.21. The van der Waals surface area contributed by atoms with Crippen LogP contribution in [0.15, 0.2) is 24.3 Å². The van der Waals surface area contributed by atoms with Gasteiger partial charge in [0, 0.05) is 30.6 Å². The molecule has 0 bridgehead atoms. The van der Waals surface area contributed by atoms with Crippen LogP contribution in [0.25, 0.3) is 0 Å². The van der Waals surface area contributed by atoms with Crippen molar-refractivity contribution in [2.45, 2.75) is 20.8 Å². The Morgan fingerprint density at radius 3 is 2.06 bits per heavy atom. The van der Waals surface area contributed by atoms with Gasteiger partial charge < -0.3 is 13.3 Å². The Labute approximate surface area is 110 Å². The Kier molecular flexibility index (Phi) is 6.09. The van der Waals surface area contributed by atoms with E-state index in [0.29, 0.717) is 19.8 Å². The summed E-state index contributed by atoms with van der Waals surface area (Å²) in [5.41, 5.74) is 0.809. The quantitative estimate of drug-likeness (QED) is 0.556. The highest BCUT2D eigenvalue weighted by Gasteiger charge is 2.43. The first-order chi connectivity index (χ1) is 8.72. The molecule has 0 amide bonds. The largest absolute Gasteiger partial charge is 0.537 e. The molecule has 0 fully saturated rings. The summed E-state index contributed by atoms with van der Waals surface area (Å²) in [7, 11) is -2.81. The highest BCUT2D eigenvalue weighted by Crippen LogP contribution is 2.11. The number of hydrogen-bond acceptors (Lipinski definition) is 3. The second kappa shape index (κ2) is 7.34. The molecule has 0 unspecified atom stereocenters. The van der Waals surface area contributed by atoms with Crippen LogP contribution in [-0.2, 0) is 13.3 Å². The van der Waals surface area contributed by atoms with Crippen LogP contribution in [-0.4, -0.2) is 28.6 Å². The molecule has 0 aliphatic heterocycles. The van der Waals surface area contributed by atoms with Gasteiger partial charge in [0.15, 0.2) is 0 Å². The van der Waals surface area contributed by atoms with Crippen LogP contribution in [0.4, 0.5) is 0 Å². The third-order valence-electron chi connectivity index (χ3n) is 2.39. The predicted octanol–water partition coefficient (Wildman–Crippen LogP) is 1.92. The molecule has 0 aliphatic rings. The van der Waals surface area contributed by atoms with Crippen molar-refractivity contribution >= 4 is 14.0 Å². The zero-order valence-electron chi connectivity index (χ0n) is 11.2. The summed E-state index contributed by atoms with van der Waals surface area (Å²) in [5, 5.41) is 0.920. The van der Waals surface area contributed by atoms with E-state index >= 15 is 0 Å². The highest BCUT2D eigenvalue weighted by atomic mass is 28.4. The zero-order chi connectivity index (χ0) is 13.4. The lowest BCUT2D eigenvalue weighted by Gasteiger charge is -2.28. The van der Waals surface area contributed by atoms with Crippen molar-refractivity contribution in [1.29, 1.82) is 0 Å².